The number of methoxy groups -OCH3 is 1. The summed E-state index contributed by atoms with van der Waals surface area (Å²) in [6.07, 6.45) is 1.73. The minimum absolute atomic E-state index is 0.249. The number of aromatic nitrogens is 2. The Hall–Kier alpha value is -3.08. The second-order valence-corrected chi connectivity index (χ2v) is 9.22. The molecule has 2 aromatic heterocycles. The van der Waals surface area contributed by atoms with E-state index in [4.69, 9.17) is 17.0 Å². The molecule has 0 saturated heterocycles. The van der Waals surface area contributed by atoms with Gasteiger partial charge in [0.15, 0.2) is 10.9 Å². The van der Waals surface area contributed by atoms with E-state index in [0.29, 0.717) is 26.4 Å². The molecule has 2 N–H and O–H groups in total. The molecular weight excluding hydrogens is 527 g/mol. The standard InChI is InChI=1S/C23H18BrFN4O2S2/c1-31-22(30)16-11-19(14-7-3-2-4-8-14)33-21(16)27-23(32)26-20-17(24)13-29(28-20)12-15-9-5-6-10-18(15)25/h2-11,13H,12H2,1H3,(H2,26,27,28,32). The summed E-state index contributed by atoms with van der Waals surface area (Å²) in [5.74, 6) is -0.296. The van der Waals surface area contributed by atoms with Crippen molar-refractivity contribution < 1.29 is 13.9 Å². The van der Waals surface area contributed by atoms with E-state index >= 15 is 0 Å². The molecule has 0 radical (unpaired) electrons. The van der Waals surface area contributed by atoms with Gasteiger partial charge in [-0.3, -0.25) is 4.68 Å². The molecule has 0 saturated carbocycles. The summed E-state index contributed by atoms with van der Waals surface area (Å²) in [5, 5.41) is 11.3. The maximum atomic E-state index is 14.0. The zero-order chi connectivity index (χ0) is 23.4. The molecular formula is C23H18BrFN4O2S2. The first kappa shape index (κ1) is 23.1. The highest BCUT2D eigenvalue weighted by molar-refractivity contribution is 9.10. The minimum Gasteiger partial charge on any atom is -0.465 e. The van der Waals surface area contributed by atoms with Gasteiger partial charge in [0, 0.05) is 16.6 Å². The molecule has 0 bridgehead atoms. The molecule has 0 unspecified atom stereocenters. The van der Waals surface area contributed by atoms with Crippen molar-refractivity contribution in [3.63, 3.8) is 0 Å². The highest BCUT2D eigenvalue weighted by Crippen LogP contribution is 2.36. The number of hydrogen-bond acceptors (Lipinski definition) is 5. The molecule has 0 aliphatic rings. The summed E-state index contributed by atoms with van der Waals surface area (Å²) < 4.78 is 21.1. The molecule has 6 nitrogen and oxygen atoms in total. The van der Waals surface area contributed by atoms with Gasteiger partial charge in [-0.25, -0.2) is 9.18 Å². The molecule has 0 aliphatic heterocycles. The smallest absolute Gasteiger partial charge is 0.340 e. The largest absolute Gasteiger partial charge is 0.465 e. The van der Waals surface area contributed by atoms with Crippen molar-refractivity contribution >= 4 is 61.4 Å². The first-order valence-corrected chi connectivity index (χ1v) is 11.8. The van der Waals surface area contributed by atoms with Crippen LogP contribution in [0.1, 0.15) is 15.9 Å². The number of hydrogen-bond donors (Lipinski definition) is 2. The molecule has 0 amide bonds. The fraction of sp³-hybridized carbons (Fsp3) is 0.0870. The van der Waals surface area contributed by atoms with Crippen LogP contribution in [0.5, 0.6) is 0 Å². The summed E-state index contributed by atoms with van der Waals surface area (Å²) in [5.41, 5.74) is 1.89. The van der Waals surface area contributed by atoms with E-state index in [2.05, 4.69) is 31.7 Å². The van der Waals surface area contributed by atoms with Crippen molar-refractivity contribution in [1.82, 2.24) is 9.78 Å². The fourth-order valence-corrected chi connectivity index (χ4v) is 4.83. The van der Waals surface area contributed by atoms with Gasteiger partial charge >= 0.3 is 5.97 Å². The van der Waals surface area contributed by atoms with Gasteiger partial charge in [-0.15, -0.1) is 11.3 Å². The van der Waals surface area contributed by atoms with Gasteiger partial charge in [-0.05, 0) is 45.8 Å². The van der Waals surface area contributed by atoms with Crippen molar-refractivity contribution in [2.45, 2.75) is 6.54 Å². The average molecular weight is 545 g/mol. The van der Waals surface area contributed by atoms with Crippen LogP contribution in [0.4, 0.5) is 15.2 Å². The predicted octanol–water partition coefficient (Wildman–Crippen LogP) is 6.16. The fourth-order valence-electron chi connectivity index (χ4n) is 3.10. The lowest BCUT2D eigenvalue weighted by Gasteiger charge is -2.09. The monoisotopic (exact) mass is 544 g/mol. The Morgan fingerprint density at radius 1 is 1.18 bits per heavy atom. The molecule has 168 valence electrons. The number of benzene rings is 2. The number of nitrogens with one attached hydrogen (secondary N) is 2. The zero-order valence-electron chi connectivity index (χ0n) is 17.3. The van der Waals surface area contributed by atoms with Crippen LogP contribution in [0.2, 0.25) is 0 Å². The lowest BCUT2D eigenvalue weighted by atomic mass is 10.1. The molecule has 33 heavy (non-hydrogen) atoms. The van der Waals surface area contributed by atoms with E-state index in [0.717, 1.165) is 10.4 Å². The van der Waals surface area contributed by atoms with Gasteiger partial charge in [-0.2, -0.15) is 5.10 Å². The lowest BCUT2D eigenvalue weighted by molar-refractivity contribution is 0.0602. The normalized spacial score (nSPS) is 10.6. The van der Waals surface area contributed by atoms with E-state index in [-0.39, 0.29) is 17.5 Å². The number of rotatable bonds is 6. The Morgan fingerprint density at radius 3 is 2.64 bits per heavy atom. The lowest BCUT2D eigenvalue weighted by Crippen LogP contribution is -2.20. The van der Waals surface area contributed by atoms with E-state index in [9.17, 15) is 9.18 Å². The topological polar surface area (TPSA) is 68.2 Å². The first-order valence-electron chi connectivity index (χ1n) is 9.76. The van der Waals surface area contributed by atoms with Crippen LogP contribution >= 0.6 is 39.5 Å². The zero-order valence-corrected chi connectivity index (χ0v) is 20.6. The van der Waals surface area contributed by atoms with Crippen LogP contribution in [0.3, 0.4) is 0 Å². The first-order chi connectivity index (χ1) is 15.9. The minimum atomic E-state index is -0.464. The van der Waals surface area contributed by atoms with E-state index in [1.54, 1.807) is 35.1 Å². The molecule has 0 spiro atoms. The van der Waals surface area contributed by atoms with Crippen LogP contribution in [0.25, 0.3) is 10.4 Å². The van der Waals surface area contributed by atoms with Crippen LogP contribution in [-0.4, -0.2) is 28.0 Å². The molecule has 0 atom stereocenters. The number of carbonyl (C=O) groups excluding carboxylic acids is 1. The molecule has 0 aliphatic carbocycles. The van der Waals surface area contributed by atoms with Gasteiger partial charge in [0.05, 0.1) is 23.7 Å². The van der Waals surface area contributed by atoms with Gasteiger partial charge in [0.25, 0.3) is 0 Å². The number of ether oxygens (including phenoxy) is 1. The molecule has 2 aromatic carbocycles. The highest BCUT2D eigenvalue weighted by Gasteiger charge is 2.19. The van der Waals surface area contributed by atoms with Gasteiger partial charge < -0.3 is 15.4 Å². The van der Waals surface area contributed by atoms with Gasteiger partial charge in [-0.1, -0.05) is 48.5 Å². The van der Waals surface area contributed by atoms with Crippen molar-refractivity contribution in [1.29, 1.82) is 0 Å². The number of thiophene rings is 1. The Morgan fingerprint density at radius 2 is 1.91 bits per heavy atom. The number of thiocarbonyl (C=S) groups is 1. The van der Waals surface area contributed by atoms with E-state index in [1.807, 2.05) is 30.3 Å². The van der Waals surface area contributed by atoms with E-state index in [1.165, 1.54) is 24.5 Å². The predicted molar refractivity (Wildman–Crippen MR) is 136 cm³/mol. The highest BCUT2D eigenvalue weighted by atomic mass is 79.9. The molecule has 0 fully saturated rings. The molecule has 2 heterocycles. The quantitative estimate of drug-likeness (QED) is 0.224. The maximum absolute atomic E-state index is 14.0. The summed E-state index contributed by atoms with van der Waals surface area (Å²) in [6, 6.07) is 18.0. The number of anilines is 2. The Balaban J connectivity index is 1.51. The summed E-state index contributed by atoms with van der Waals surface area (Å²) in [7, 11) is 1.34. The van der Waals surface area contributed by atoms with Crippen LogP contribution in [-0.2, 0) is 11.3 Å². The average Bonchev–Trinajstić information content (AvgIpc) is 3.38. The Bertz CT molecular complexity index is 1310. The summed E-state index contributed by atoms with van der Waals surface area (Å²) in [6.45, 7) is 0.269. The van der Waals surface area contributed by atoms with Crippen LogP contribution in [0, 0.1) is 5.82 Å². The van der Waals surface area contributed by atoms with Crippen molar-refractivity contribution in [3.05, 3.63) is 88.3 Å². The van der Waals surface area contributed by atoms with Crippen LogP contribution in [0.15, 0.2) is 71.3 Å². The Labute approximate surface area is 207 Å². The molecule has 4 rings (SSSR count). The van der Waals surface area contributed by atoms with Gasteiger partial charge in [0.1, 0.15) is 10.8 Å². The third-order valence-electron chi connectivity index (χ3n) is 4.66. The summed E-state index contributed by atoms with van der Waals surface area (Å²) in [4.78, 5) is 13.2. The van der Waals surface area contributed by atoms with Crippen LogP contribution < -0.4 is 10.6 Å². The van der Waals surface area contributed by atoms with Crippen molar-refractivity contribution in [3.8, 4) is 10.4 Å². The maximum Gasteiger partial charge on any atom is 0.340 e. The second-order valence-electron chi connectivity index (χ2n) is 6.90. The summed E-state index contributed by atoms with van der Waals surface area (Å²) >= 11 is 10.3. The van der Waals surface area contributed by atoms with Crippen molar-refractivity contribution in [2.75, 3.05) is 17.7 Å². The third-order valence-corrected chi connectivity index (χ3v) is 6.55. The number of halogens is 2. The number of nitrogens with zero attached hydrogens (tertiary/aromatic N) is 2. The number of esters is 1. The Kier molecular flexibility index (Phi) is 7.17. The van der Waals surface area contributed by atoms with Gasteiger partial charge in [0.2, 0.25) is 0 Å². The second kappa shape index (κ2) is 10.2. The third kappa shape index (κ3) is 5.47. The molecule has 10 heteroatoms. The van der Waals surface area contributed by atoms with Crippen molar-refractivity contribution in [2.24, 2.45) is 0 Å². The van der Waals surface area contributed by atoms with E-state index < -0.39 is 5.97 Å². The number of carbonyl (C=O) groups is 1. The molecule has 4 aromatic rings. The SMILES string of the molecule is COC(=O)c1cc(-c2ccccc2)sc1NC(=S)Nc1nn(Cc2ccccc2F)cc1Br.